The summed E-state index contributed by atoms with van der Waals surface area (Å²) in [6.07, 6.45) is 3.24. The number of aromatic nitrogens is 2. The summed E-state index contributed by atoms with van der Waals surface area (Å²) < 4.78 is 137. The minimum Gasteiger partial charge on any atom is -0.462 e. The number of rotatable bonds is 7. The quantitative estimate of drug-likeness (QED) is 0.172. The second-order valence-corrected chi connectivity index (χ2v) is 10.1. The molecule has 1 heterocycles. The second kappa shape index (κ2) is 8.87. The average molecular weight is 519 g/mol. The smallest absolute Gasteiger partial charge is 0.462 e. The first kappa shape index (κ1) is 27.7. The molecule has 0 aliphatic heterocycles. The molecule has 32 heavy (non-hydrogen) atoms. The van der Waals surface area contributed by atoms with Crippen molar-refractivity contribution in [1.82, 2.24) is 4.57 Å². The summed E-state index contributed by atoms with van der Waals surface area (Å²) in [5.74, 6) is -3.63. The molecule has 10 nitrogen and oxygen atoms in total. The predicted molar refractivity (Wildman–Crippen MR) is 92.7 cm³/mol. The van der Waals surface area contributed by atoms with Crippen molar-refractivity contribution in [2.75, 3.05) is 13.7 Å². The van der Waals surface area contributed by atoms with Gasteiger partial charge in [0.25, 0.3) is 0 Å². The van der Waals surface area contributed by atoms with Gasteiger partial charge in [-0.2, -0.15) is 43.2 Å². The molecule has 1 aromatic heterocycles. The third-order valence-electron chi connectivity index (χ3n) is 3.92. The molecule has 0 radical (unpaired) electrons. The molecule has 1 rings (SSSR count). The van der Waals surface area contributed by atoms with Crippen LogP contribution in [0.4, 0.5) is 26.3 Å². The zero-order valence-corrected chi connectivity index (χ0v) is 18.6. The first-order valence-corrected chi connectivity index (χ1v) is 11.2. The molecule has 1 unspecified atom stereocenters. The lowest BCUT2D eigenvalue weighted by Gasteiger charge is -2.22. The van der Waals surface area contributed by atoms with Crippen LogP contribution in [0.2, 0.25) is 0 Å². The molecule has 0 spiro atoms. The van der Waals surface area contributed by atoms with Crippen LogP contribution in [0.1, 0.15) is 20.3 Å². The Morgan fingerprint density at radius 3 is 1.84 bits per heavy atom. The fourth-order valence-electron chi connectivity index (χ4n) is 2.34. The molecule has 0 aliphatic carbocycles. The van der Waals surface area contributed by atoms with Crippen molar-refractivity contribution in [3.63, 3.8) is 0 Å². The average Bonchev–Trinajstić information content (AvgIpc) is 3.07. The molecule has 0 aliphatic rings. The van der Waals surface area contributed by atoms with Crippen LogP contribution in [0.25, 0.3) is 0 Å². The number of hydrogen-bond acceptors (Lipinski definition) is 7. The molecule has 1 aromatic rings. The van der Waals surface area contributed by atoms with E-state index in [0.717, 1.165) is 12.5 Å². The van der Waals surface area contributed by atoms with Crippen LogP contribution < -0.4 is 4.57 Å². The minimum absolute atomic E-state index is 0.162. The lowest BCUT2D eigenvalue weighted by Crippen LogP contribution is -2.56. The number of imidazole rings is 1. The van der Waals surface area contributed by atoms with Crippen molar-refractivity contribution in [3.05, 3.63) is 18.7 Å². The van der Waals surface area contributed by atoms with E-state index < -0.39 is 51.9 Å². The van der Waals surface area contributed by atoms with Gasteiger partial charge in [-0.3, -0.25) is 0 Å². The zero-order chi connectivity index (χ0) is 25.3. The lowest BCUT2D eigenvalue weighted by molar-refractivity contribution is -0.671. The highest BCUT2D eigenvalue weighted by Crippen LogP contribution is 2.35. The van der Waals surface area contributed by atoms with Crippen LogP contribution in [0, 0.1) is 0 Å². The molecule has 184 valence electrons. The third kappa shape index (κ3) is 4.69. The fraction of sp³-hybridized carbons (Fsp3) is 0.643. The Morgan fingerprint density at radius 2 is 1.53 bits per heavy atom. The lowest BCUT2D eigenvalue weighted by atomic mass is 10.0. The maximum absolute atomic E-state index is 13.2. The number of hydrogen-bond donors (Lipinski definition) is 0. The monoisotopic (exact) mass is 519 g/mol. The van der Waals surface area contributed by atoms with Gasteiger partial charge in [-0.15, -0.1) is 0 Å². The number of nitrogens with zero attached hydrogens (tertiary/aromatic N) is 3. The summed E-state index contributed by atoms with van der Waals surface area (Å²) in [6.45, 7) is 1.77. The maximum Gasteiger partial charge on any atom is 0.561 e. The zero-order valence-electron chi connectivity index (χ0n) is 16.9. The highest BCUT2D eigenvalue weighted by atomic mass is 32.3. The van der Waals surface area contributed by atoms with Gasteiger partial charge in [0.05, 0.1) is 24.2 Å². The van der Waals surface area contributed by atoms with Crippen LogP contribution in [0.5, 0.6) is 0 Å². The first-order valence-electron chi connectivity index (χ1n) is 8.35. The molecule has 0 aromatic carbocycles. The highest BCUT2D eigenvalue weighted by molar-refractivity contribution is 7.98. The Bertz CT molecular complexity index is 1060. The van der Waals surface area contributed by atoms with Gasteiger partial charge < -0.3 is 9.47 Å². The number of carbonyl (C=O) groups is 1. The van der Waals surface area contributed by atoms with E-state index in [0.29, 0.717) is 18.6 Å². The first-order chi connectivity index (χ1) is 14.3. The topological polar surface area (TPSA) is 116 Å². The molecule has 0 saturated heterocycles. The number of methoxy groups -OCH3 is 1. The van der Waals surface area contributed by atoms with Gasteiger partial charge in [0.1, 0.15) is 12.4 Å². The van der Waals surface area contributed by atoms with Gasteiger partial charge in [0, 0.05) is 6.92 Å². The Balaban J connectivity index is 4.31. The van der Waals surface area contributed by atoms with Crippen molar-refractivity contribution in [3.8, 4) is 0 Å². The van der Waals surface area contributed by atoms with Gasteiger partial charge >= 0.3 is 48.5 Å². The number of sulfonamides is 2. The van der Waals surface area contributed by atoms with Gasteiger partial charge in [-0.05, 0) is 6.42 Å². The molecule has 0 saturated carbocycles. The fourth-order valence-corrected chi connectivity index (χ4v) is 5.20. The predicted octanol–water partition coefficient (Wildman–Crippen LogP) is 0.738. The van der Waals surface area contributed by atoms with E-state index in [4.69, 9.17) is 4.74 Å². The third-order valence-corrected chi connectivity index (χ3v) is 7.47. The van der Waals surface area contributed by atoms with E-state index in [1.165, 1.54) is 24.7 Å². The van der Waals surface area contributed by atoms with Gasteiger partial charge in [-0.25, -0.2) is 13.9 Å². The van der Waals surface area contributed by atoms with E-state index in [1.807, 2.05) is 0 Å². The van der Waals surface area contributed by atoms with E-state index in [-0.39, 0.29) is 13.0 Å². The SMILES string of the molecule is CCCOC(=O)C(C)(C(OC)=[N+](S(=O)(=O)C(F)(F)F)S(=O)(=O)C(F)(F)F)n1cc[n+](C)c1. The second-order valence-electron chi connectivity index (χ2n) is 6.30. The number of aryl methyl sites for hydroxylation is 1. The number of esters is 1. The molecule has 0 fully saturated rings. The van der Waals surface area contributed by atoms with Gasteiger partial charge in [-0.1, -0.05) is 6.92 Å². The van der Waals surface area contributed by atoms with Crippen LogP contribution in [0.15, 0.2) is 18.7 Å². The van der Waals surface area contributed by atoms with Crippen LogP contribution in [0.3, 0.4) is 0 Å². The summed E-state index contributed by atoms with van der Waals surface area (Å²) in [5.41, 5.74) is -16.0. The molecule has 18 heteroatoms. The summed E-state index contributed by atoms with van der Waals surface area (Å²) in [5, 5.41) is 0. The highest BCUT2D eigenvalue weighted by Gasteiger charge is 2.72. The van der Waals surface area contributed by atoms with E-state index in [1.54, 1.807) is 0 Å². The van der Waals surface area contributed by atoms with Gasteiger partial charge in [0.15, 0.2) is 0 Å². The standard InChI is InChI=1S/C14H19F6N3O7S2/c1-5-8-30-11(24)12(2,22-7-6-21(3)9-22)10(29-4)23(31(25,26)13(15,16)17)32(27,28)14(18,19)20/h6-7,9H,5,8H2,1-4H3/q+2. The Hall–Kier alpha value is -2.37. The molecule has 0 amide bonds. The van der Waals surface area contributed by atoms with E-state index in [2.05, 4.69) is 4.74 Å². The van der Waals surface area contributed by atoms with Crippen molar-refractivity contribution < 1.29 is 65.4 Å². The largest absolute Gasteiger partial charge is 0.561 e. The van der Waals surface area contributed by atoms with Crippen molar-refractivity contribution in [1.29, 1.82) is 0 Å². The molecular formula is C14H19F6N3O7S2+2. The summed E-state index contributed by atoms with van der Waals surface area (Å²) in [6, 6.07) is 0. The molecule has 0 N–H and O–H groups in total. The molecule has 1 atom stereocenters. The number of alkyl halides is 6. The minimum atomic E-state index is -7.29. The van der Waals surface area contributed by atoms with Crippen LogP contribution in [-0.2, 0) is 46.9 Å². The molecular weight excluding hydrogens is 500 g/mol. The summed E-state index contributed by atoms with van der Waals surface area (Å²) in [7, 11) is -12.8. The van der Waals surface area contributed by atoms with E-state index >= 15 is 0 Å². The van der Waals surface area contributed by atoms with Crippen molar-refractivity contribution >= 4 is 31.9 Å². The van der Waals surface area contributed by atoms with Crippen LogP contribution in [-0.4, -0.2) is 61.4 Å². The summed E-state index contributed by atoms with van der Waals surface area (Å²) >= 11 is 0. The summed E-state index contributed by atoms with van der Waals surface area (Å²) in [4.78, 5) is 12.8. The Kier molecular flexibility index (Phi) is 7.67. The Morgan fingerprint density at radius 1 is 1.06 bits per heavy atom. The number of carbonyl (C=O) groups excluding carboxylic acids is 1. The van der Waals surface area contributed by atoms with Gasteiger partial charge in [0.2, 0.25) is 6.33 Å². The Labute approximate surface area is 178 Å². The molecule has 0 bridgehead atoms. The number of halogens is 6. The maximum atomic E-state index is 13.2. The van der Waals surface area contributed by atoms with Crippen molar-refractivity contribution in [2.24, 2.45) is 7.05 Å². The van der Waals surface area contributed by atoms with Crippen LogP contribution >= 0.6 is 0 Å². The number of ether oxygens (including phenoxy) is 2. The van der Waals surface area contributed by atoms with Crippen molar-refractivity contribution in [2.45, 2.75) is 36.8 Å². The normalized spacial score (nSPS) is 15.1. The van der Waals surface area contributed by atoms with E-state index in [9.17, 15) is 48.0 Å².